The van der Waals surface area contributed by atoms with Crippen molar-refractivity contribution < 1.29 is 8.42 Å². The van der Waals surface area contributed by atoms with Gasteiger partial charge in [-0.2, -0.15) is 4.31 Å². The highest BCUT2D eigenvalue weighted by Gasteiger charge is 2.32. The van der Waals surface area contributed by atoms with E-state index in [2.05, 4.69) is 5.32 Å². The van der Waals surface area contributed by atoms with Crippen LogP contribution >= 0.6 is 0 Å². The molecule has 1 aliphatic rings. The first-order valence-electron chi connectivity index (χ1n) is 8.26. The molecule has 0 spiro atoms. The minimum absolute atomic E-state index is 0.00904. The van der Waals surface area contributed by atoms with E-state index in [1.807, 2.05) is 6.92 Å². The molecular formula is C16H24N4O3S. The molecule has 1 unspecified atom stereocenters. The number of fused-ring (bicyclic) bond motifs is 1. The van der Waals surface area contributed by atoms with E-state index in [9.17, 15) is 13.2 Å². The summed E-state index contributed by atoms with van der Waals surface area (Å²) in [6.45, 7) is 4.01. The van der Waals surface area contributed by atoms with E-state index in [1.165, 1.54) is 9.13 Å². The van der Waals surface area contributed by atoms with Gasteiger partial charge in [-0.25, -0.2) is 13.2 Å². The molecule has 1 aliphatic heterocycles. The lowest BCUT2D eigenvalue weighted by molar-refractivity contribution is 0.335. The van der Waals surface area contributed by atoms with Gasteiger partial charge in [0.05, 0.1) is 15.9 Å². The van der Waals surface area contributed by atoms with Gasteiger partial charge < -0.3 is 5.32 Å². The Hall–Kier alpha value is -1.64. The summed E-state index contributed by atoms with van der Waals surface area (Å²) < 4.78 is 30.9. The molecule has 7 nitrogen and oxygen atoms in total. The van der Waals surface area contributed by atoms with Crippen LogP contribution in [-0.2, 0) is 24.1 Å². The highest BCUT2D eigenvalue weighted by Crippen LogP contribution is 2.24. The van der Waals surface area contributed by atoms with E-state index in [0.29, 0.717) is 18.6 Å². The number of benzene rings is 1. The number of rotatable bonds is 5. The summed E-state index contributed by atoms with van der Waals surface area (Å²) in [6, 6.07) is 4.91. The molecule has 0 radical (unpaired) electrons. The first-order valence-corrected chi connectivity index (χ1v) is 9.70. The molecule has 1 saturated heterocycles. The normalized spacial score (nSPS) is 18.8. The fraction of sp³-hybridized carbons (Fsp3) is 0.562. The molecule has 0 bridgehead atoms. The number of nitrogens with zero attached hydrogens (tertiary/aromatic N) is 3. The number of aromatic nitrogens is 2. The number of sulfonamides is 1. The van der Waals surface area contributed by atoms with Crippen molar-refractivity contribution in [1.29, 1.82) is 0 Å². The van der Waals surface area contributed by atoms with Crippen LogP contribution in [0.15, 0.2) is 27.9 Å². The van der Waals surface area contributed by atoms with Crippen molar-refractivity contribution in [3.05, 3.63) is 28.7 Å². The predicted molar refractivity (Wildman–Crippen MR) is 93.6 cm³/mol. The molecule has 0 aliphatic carbocycles. The van der Waals surface area contributed by atoms with Gasteiger partial charge in [0.15, 0.2) is 0 Å². The third-order valence-corrected chi connectivity index (χ3v) is 6.68. The molecule has 2 heterocycles. The van der Waals surface area contributed by atoms with Gasteiger partial charge in [0.25, 0.3) is 0 Å². The number of nitrogens with one attached hydrogen (secondary N) is 1. The van der Waals surface area contributed by atoms with Gasteiger partial charge >= 0.3 is 5.69 Å². The molecular weight excluding hydrogens is 328 g/mol. The third-order valence-electron chi connectivity index (χ3n) is 4.74. The second-order valence-corrected chi connectivity index (χ2v) is 8.20. The Balaban J connectivity index is 2.09. The standard InChI is InChI=1S/C16H24N4O3S/c1-4-9-20(12-7-8-17-11-12)24(22,23)13-5-6-14-15(10-13)19(3)16(21)18(14)2/h5-6,10,12,17H,4,7-9,11H2,1-3H3. The maximum Gasteiger partial charge on any atom is 0.328 e. The molecule has 2 aromatic rings. The quantitative estimate of drug-likeness (QED) is 0.857. The molecule has 1 atom stereocenters. The smallest absolute Gasteiger partial charge is 0.315 e. The lowest BCUT2D eigenvalue weighted by atomic mass is 10.2. The van der Waals surface area contributed by atoms with Crippen molar-refractivity contribution in [1.82, 2.24) is 18.8 Å². The third kappa shape index (κ3) is 2.68. The predicted octanol–water partition coefficient (Wildman–Crippen LogP) is 0.640. The summed E-state index contributed by atoms with van der Waals surface area (Å²) in [5.74, 6) is 0. The van der Waals surface area contributed by atoms with Crippen LogP contribution in [0.1, 0.15) is 19.8 Å². The lowest BCUT2D eigenvalue weighted by Gasteiger charge is -2.27. The first kappa shape index (κ1) is 17.2. The maximum absolute atomic E-state index is 13.2. The van der Waals surface area contributed by atoms with Crippen molar-refractivity contribution >= 4 is 21.1 Å². The van der Waals surface area contributed by atoms with Gasteiger partial charge in [-0.1, -0.05) is 6.92 Å². The van der Waals surface area contributed by atoms with Crippen molar-refractivity contribution in [3.8, 4) is 0 Å². The molecule has 8 heteroatoms. The second-order valence-electron chi connectivity index (χ2n) is 6.31. The van der Waals surface area contributed by atoms with Gasteiger partial charge in [0.1, 0.15) is 0 Å². The Bertz CT molecular complexity index is 907. The molecule has 24 heavy (non-hydrogen) atoms. The number of imidazole rings is 1. The zero-order valence-corrected chi connectivity index (χ0v) is 15.1. The minimum Gasteiger partial charge on any atom is -0.315 e. The average Bonchev–Trinajstić information content (AvgIpc) is 3.16. The van der Waals surface area contributed by atoms with E-state index >= 15 is 0 Å². The molecule has 0 amide bonds. The monoisotopic (exact) mass is 352 g/mol. The Morgan fingerprint density at radius 3 is 2.58 bits per heavy atom. The van der Waals surface area contributed by atoms with Crippen molar-refractivity contribution in [2.45, 2.75) is 30.7 Å². The highest BCUT2D eigenvalue weighted by molar-refractivity contribution is 7.89. The van der Waals surface area contributed by atoms with Crippen molar-refractivity contribution in [2.75, 3.05) is 19.6 Å². The Morgan fingerprint density at radius 2 is 1.96 bits per heavy atom. The van der Waals surface area contributed by atoms with E-state index in [-0.39, 0.29) is 16.6 Å². The van der Waals surface area contributed by atoms with Gasteiger partial charge in [-0.05, 0) is 37.6 Å². The van der Waals surface area contributed by atoms with Crippen LogP contribution in [0.2, 0.25) is 0 Å². The number of hydrogen-bond acceptors (Lipinski definition) is 4. The summed E-state index contributed by atoms with van der Waals surface area (Å²) in [4.78, 5) is 12.3. The average molecular weight is 352 g/mol. The van der Waals surface area contributed by atoms with Crippen LogP contribution in [0.5, 0.6) is 0 Å². The molecule has 0 saturated carbocycles. The van der Waals surface area contributed by atoms with Crippen LogP contribution < -0.4 is 11.0 Å². The fourth-order valence-electron chi connectivity index (χ4n) is 3.39. The molecule has 1 aromatic carbocycles. The molecule has 1 fully saturated rings. The van der Waals surface area contributed by atoms with Gasteiger partial charge in [0.2, 0.25) is 10.0 Å². The topological polar surface area (TPSA) is 76.3 Å². The summed E-state index contributed by atoms with van der Waals surface area (Å²) in [6.07, 6.45) is 1.59. The SMILES string of the molecule is CCCN(C1CCNC1)S(=O)(=O)c1ccc2c(c1)n(C)c(=O)n2C. The first-order chi connectivity index (χ1) is 11.4. The number of aryl methyl sites for hydroxylation is 2. The lowest BCUT2D eigenvalue weighted by Crippen LogP contribution is -2.42. The summed E-state index contributed by atoms with van der Waals surface area (Å²) in [5, 5.41) is 3.23. The van der Waals surface area contributed by atoms with Crippen LogP contribution in [0, 0.1) is 0 Å². The van der Waals surface area contributed by atoms with Gasteiger partial charge in [0, 0.05) is 33.2 Å². The summed E-state index contributed by atoms with van der Waals surface area (Å²) in [5.41, 5.74) is 1.19. The van der Waals surface area contributed by atoms with E-state index in [0.717, 1.165) is 24.9 Å². The van der Waals surface area contributed by atoms with Crippen LogP contribution in [0.4, 0.5) is 0 Å². The minimum atomic E-state index is -3.59. The largest absolute Gasteiger partial charge is 0.328 e. The molecule has 1 aromatic heterocycles. The molecule has 3 rings (SSSR count). The molecule has 132 valence electrons. The Morgan fingerprint density at radius 1 is 1.25 bits per heavy atom. The zero-order valence-electron chi connectivity index (χ0n) is 14.3. The van der Waals surface area contributed by atoms with Crippen molar-refractivity contribution in [3.63, 3.8) is 0 Å². The number of hydrogen-bond donors (Lipinski definition) is 1. The van der Waals surface area contributed by atoms with Crippen LogP contribution in [-0.4, -0.2) is 47.5 Å². The Labute approximate surface area is 141 Å². The summed E-state index contributed by atoms with van der Waals surface area (Å²) >= 11 is 0. The van der Waals surface area contributed by atoms with Gasteiger partial charge in [-0.15, -0.1) is 0 Å². The van der Waals surface area contributed by atoms with Crippen LogP contribution in [0.25, 0.3) is 11.0 Å². The van der Waals surface area contributed by atoms with Gasteiger partial charge in [-0.3, -0.25) is 9.13 Å². The van der Waals surface area contributed by atoms with E-state index in [4.69, 9.17) is 0 Å². The van der Waals surface area contributed by atoms with Crippen molar-refractivity contribution in [2.24, 2.45) is 14.1 Å². The highest BCUT2D eigenvalue weighted by atomic mass is 32.2. The summed E-state index contributed by atoms with van der Waals surface area (Å²) in [7, 11) is -0.244. The van der Waals surface area contributed by atoms with Crippen LogP contribution in [0.3, 0.4) is 0 Å². The van der Waals surface area contributed by atoms with E-state index in [1.54, 1.807) is 36.6 Å². The zero-order chi connectivity index (χ0) is 17.5. The fourth-order valence-corrected chi connectivity index (χ4v) is 5.15. The molecule has 1 N–H and O–H groups in total. The maximum atomic E-state index is 13.2. The second kappa shape index (κ2) is 6.34. The Kier molecular flexibility index (Phi) is 4.54. The van der Waals surface area contributed by atoms with E-state index < -0.39 is 10.0 Å².